The summed E-state index contributed by atoms with van der Waals surface area (Å²) >= 11 is 0. The van der Waals surface area contributed by atoms with Crippen LogP contribution in [0.3, 0.4) is 0 Å². The van der Waals surface area contributed by atoms with Gasteiger partial charge in [-0.2, -0.15) is 0 Å². The van der Waals surface area contributed by atoms with Crippen molar-refractivity contribution < 1.29 is 4.74 Å². The van der Waals surface area contributed by atoms with Gasteiger partial charge in [0.2, 0.25) is 0 Å². The summed E-state index contributed by atoms with van der Waals surface area (Å²) < 4.78 is 7.88. The van der Waals surface area contributed by atoms with Crippen molar-refractivity contribution in [1.82, 2.24) is 4.57 Å². The molecule has 1 aromatic heterocycles. The Kier molecular flexibility index (Phi) is 4.02. The van der Waals surface area contributed by atoms with Crippen LogP contribution in [0.4, 0.5) is 0 Å². The van der Waals surface area contributed by atoms with Crippen molar-refractivity contribution >= 4 is 0 Å². The molecular weight excluding hydrogens is 200 g/mol. The lowest BCUT2D eigenvalue weighted by Crippen LogP contribution is -2.13. The molecule has 0 radical (unpaired) electrons. The third-order valence-electron chi connectivity index (χ3n) is 3.28. The highest BCUT2D eigenvalue weighted by Crippen LogP contribution is 2.18. The first-order valence-electron chi connectivity index (χ1n) is 6.29. The van der Waals surface area contributed by atoms with Gasteiger partial charge in [-0.25, -0.2) is 0 Å². The largest absolute Gasteiger partial charge is 0.378 e. The second-order valence-electron chi connectivity index (χ2n) is 4.69. The molecule has 0 aromatic carbocycles. The van der Waals surface area contributed by atoms with Gasteiger partial charge in [-0.1, -0.05) is 0 Å². The molecule has 2 N–H and O–H groups in total. The van der Waals surface area contributed by atoms with Crippen LogP contribution in [0.5, 0.6) is 0 Å². The molecule has 1 fully saturated rings. The summed E-state index contributed by atoms with van der Waals surface area (Å²) in [7, 11) is 0. The first-order chi connectivity index (χ1) is 7.77. The molecule has 3 nitrogen and oxygen atoms in total. The average molecular weight is 222 g/mol. The molecule has 0 spiro atoms. The van der Waals surface area contributed by atoms with Gasteiger partial charge in [-0.3, -0.25) is 0 Å². The Balaban J connectivity index is 1.78. The van der Waals surface area contributed by atoms with Gasteiger partial charge in [-0.05, 0) is 44.7 Å². The molecule has 2 rings (SSSR count). The molecular formula is C13H22N2O. The number of rotatable bonds is 5. The van der Waals surface area contributed by atoms with Gasteiger partial charge >= 0.3 is 0 Å². The third-order valence-corrected chi connectivity index (χ3v) is 3.28. The summed E-state index contributed by atoms with van der Waals surface area (Å²) in [5, 5.41) is 0. The maximum atomic E-state index is 5.91. The Morgan fingerprint density at radius 2 is 2.50 bits per heavy atom. The summed E-state index contributed by atoms with van der Waals surface area (Å²) in [6.07, 6.45) is 7.46. The van der Waals surface area contributed by atoms with E-state index in [-0.39, 0.29) is 6.04 Å². The zero-order valence-corrected chi connectivity index (χ0v) is 10.1. The summed E-state index contributed by atoms with van der Waals surface area (Å²) in [6, 6.07) is 4.30. The minimum Gasteiger partial charge on any atom is -0.378 e. The van der Waals surface area contributed by atoms with Gasteiger partial charge in [0.25, 0.3) is 0 Å². The molecule has 16 heavy (non-hydrogen) atoms. The van der Waals surface area contributed by atoms with Crippen LogP contribution in [0.15, 0.2) is 18.3 Å². The van der Waals surface area contributed by atoms with E-state index < -0.39 is 0 Å². The summed E-state index contributed by atoms with van der Waals surface area (Å²) in [4.78, 5) is 0. The monoisotopic (exact) mass is 222 g/mol. The van der Waals surface area contributed by atoms with E-state index in [9.17, 15) is 0 Å². The lowest BCUT2D eigenvalue weighted by atomic mass is 10.1. The van der Waals surface area contributed by atoms with Crippen molar-refractivity contribution in [3.8, 4) is 0 Å². The predicted octanol–water partition coefficient (Wildman–Crippen LogP) is 2.47. The van der Waals surface area contributed by atoms with E-state index >= 15 is 0 Å². The van der Waals surface area contributed by atoms with Gasteiger partial charge in [0.05, 0.1) is 6.10 Å². The van der Waals surface area contributed by atoms with Crippen molar-refractivity contribution in [2.75, 3.05) is 6.61 Å². The minimum absolute atomic E-state index is 0.123. The van der Waals surface area contributed by atoms with Gasteiger partial charge in [-0.15, -0.1) is 0 Å². The van der Waals surface area contributed by atoms with E-state index in [1.807, 2.05) is 6.92 Å². The van der Waals surface area contributed by atoms with Gasteiger partial charge in [0, 0.05) is 31.1 Å². The van der Waals surface area contributed by atoms with Crippen LogP contribution < -0.4 is 5.73 Å². The van der Waals surface area contributed by atoms with Crippen molar-refractivity contribution in [1.29, 1.82) is 0 Å². The molecule has 2 unspecified atom stereocenters. The first kappa shape index (κ1) is 11.7. The SMILES string of the molecule is CC(N)c1cccn1CCCC1CCCO1. The highest BCUT2D eigenvalue weighted by atomic mass is 16.5. The summed E-state index contributed by atoms with van der Waals surface area (Å²) in [5.74, 6) is 0. The molecule has 0 saturated carbocycles. The van der Waals surface area contributed by atoms with E-state index in [1.165, 1.54) is 31.4 Å². The van der Waals surface area contributed by atoms with Crippen molar-refractivity contribution in [3.05, 3.63) is 24.0 Å². The highest BCUT2D eigenvalue weighted by Gasteiger charge is 2.14. The second-order valence-corrected chi connectivity index (χ2v) is 4.69. The molecule has 1 aromatic rings. The molecule has 0 bridgehead atoms. The number of hydrogen-bond donors (Lipinski definition) is 1. The highest BCUT2D eigenvalue weighted by molar-refractivity contribution is 5.10. The number of nitrogens with zero attached hydrogens (tertiary/aromatic N) is 1. The number of aromatic nitrogens is 1. The number of hydrogen-bond acceptors (Lipinski definition) is 2. The van der Waals surface area contributed by atoms with Gasteiger partial charge in [0.1, 0.15) is 0 Å². The average Bonchev–Trinajstić information content (AvgIpc) is 2.87. The molecule has 1 aliphatic heterocycles. The molecule has 90 valence electrons. The molecule has 2 atom stereocenters. The van der Waals surface area contributed by atoms with E-state index in [2.05, 4.69) is 22.9 Å². The van der Waals surface area contributed by atoms with Crippen LogP contribution in [0.1, 0.15) is 44.3 Å². The maximum absolute atomic E-state index is 5.91. The number of ether oxygens (including phenoxy) is 1. The summed E-state index contributed by atoms with van der Waals surface area (Å²) in [6.45, 7) is 4.05. The number of nitrogens with two attached hydrogens (primary N) is 1. The fourth-order valence-corrected chi connectivity index (χ4v) is 2.41. The Bertz CT molecular complexity index is 313. The fraction of sp³-hybridized carbons (Fsp3) is 0.692. The summed E-state index contributed by atoms with van der Waals surface area (Å²) in [5.41, 5.74) is 7.14. The van der Waals surface area contributed by atoms with E-state index in [1.54, 1.807) is 0 Å². The first-order valence-corrected chi connectivity index (χ1v) is 6.29. The van der Waals surface area contributed by atoms with Crippen LogP contribution in [0.2, 0.25) is 0 Å². The third kappa shape index (κ3) is 2.86. The smallest absolute Gasteiger partial charge is 0.0576 e. The maximum Gasteiger partial charge on any atom is 0.0576 e. The quantitative estimate of drug-likeness (QED) is 0.831. The molecule has 0 amide bonds. The van der Waals surface area contributed by atoms with Crippen LogP contribution in [0, 0.1) is 0 Å². The van der Waals surface area contributed by atoms with E-state index in [0.29, 0.717) is 6.10 Å². The second kappa shape index (κ2) is 5.51. The van der Waals surface area contributed by atoms with Gasteiger partial charge in [0.15, 0.2) is 0 Å². The van der Waals surface area contributed by atoms with Crippen molar-refractivity contribution in [3.63, 3.8) is 0 Å². The standard InChI is InChI=1S/C13H22N2O/c1-11(14)13-7-3-9-15(13)8-2-5-12-6-4-10-16-12/h3,7,9,11-12H,2,4-6,8,10,14H2,1H3. The fourth-order valence-electron chi connectivity index (χ4n) is 2.41. The van der Waals surface area contributed by atoms with Crippen molar-refractivity contribution in [2.24, 2.45) is 5.73 Å². The molecule has 2 heterocycles. The molecule has 1 aliphatic rings. The predicted molar refractivity (Wildman–Crippen MR) is 65.2 cm³/mol. The van der Waals surface area contributed by atoms with Crippen LogP contribution in [-0.2, 0) is 11.3 Å². The van der Waals surface area contributed by atoms with Gasteiger partial charge < -0.3 is 15.0 Å². The lowest BCUT2D eigenvalue weighted by Gasteiger charge is -2.13. The molecule has 0 aliphatic carbocycles. The van der Waals surface area contributed by atoms with Crippen LogP contribution in [0.25, 0.3) is 0 Å². The Hall–Kier alpha value is -0.800. The van der Waals surface area contributed by atoms with Crippen LogP contribution in [-0.4, -0.2) is 17.3 Å². The topological polar surface area (TPSA) is 40.2 Å². The Morgan fingerprint density at radius 3 is 3.19 bits per heavy atom. The minimum atomic E-state index is 0.123. The Labute approximate surface area is 97.6 Å². The molecule has 1 saturated heterocycles. The number of aryl methyl sites for hydroxylation is 1. The van der Waals surface area contributed by atoms with E-state index in [4.69, 9.17) is 10.5 Å². The normalized spacial score (nSPS) is 22.5. The van der Waals surface area contributed by atoms with E-state index in [0.717, 1.165) is 13.2 Å². The lowest BCUT2D eigenvalue weighted by molar-refractivity contribution is 0.101. The Morgan fingerprint density at radius 1 is 1.62 bits per heavy atom. The zero-order chi connectivity index (χ0) is 11.4. The van der Waals surface area contributed by atoms with Crippen molar-refractivity contribution in [2.45, 2.75) is 51.3 Å². The molecule has 3 heteroatoms. The zero-order valence-electron chi connectivity index (χ0n) is 10.1. The van der Waals surface area contributed by atoms with Crippen LogP contribution >= 0.6 is 0 Å².